The van der Waals surface area contributed by atoms with Crippen molar-refractivity contribution in [2.75, 3.05) is 25.4 Å². The Morgan fingerprint density at radius 3 is 2.47 bits per heavy atom. The number of aliphatic hydroxyl groups excluding tert-OH is 1. The van der Waals surface area contributed by atoms with E-state index < -0.39 is 21.9 Å². The van der Waals surface area contributed by atoms with E-state index in [0.29, 0.717) is 38.6 Å². The van der Waals surface area contributed by atoms with E-state index in [0.717, 1.165) is 23.1 Å². The Morgan fingerprint density at radius 2 is 1.79 bits per heavy atom. The molecule has 0 fully saturated rings. The topological polar surface area (TPSA) is 113 Å². The molecule has 3 aromatic rings. The quantitative estimate of drug-likeness (QED) is 0.205. The van der Waals surface area contributed by atoms with Gasteiger partial charge in [0.25, 0.3) is 0 Å². The van der Waals surface area contributed by atoms with Gasteiger partial charge < -0.3 is 16.2 Å². The van der Waals surface area contributed by atoms with Crippen molar-refractivity contribution in [1.82, 2.24) is 9.62 Å². The van der Waals surface area contributed by atoms with Gasteiger partial charge in [-0.25, -0.2) is 12.8 Å². The predicted octanol–water partition coefficient (Wildman–Crippen LogP) is 4.49. The number of fused-ring (bicyclic) bond motifs is 1. The summed E-state index contributed by atoms with van der Waals surface area (Å²) in [5, 5.41) is 15.3. The number of nitrogens with two attached hydrogens (primary N) is 1. The number of benzene rings is 3. The van der Waals surface area contributed by atoms with Crippen molar-refractivity contribution in [3.63, 3.8) is 0 Å². The summed E-state index contributed by atoms with van der Waals surface area (Å²) in [6, 6.07) is 17.0. The standard InChI is InChI=1S/C29H38FN3O4S/c1-21(2)19-33(38(36,37)26-13-14-27(30)28(31)18-26)25(20-34)9-5-6-16-32-29(35)15-11-22-10-12-23-7-3-4-8-24(23)17-22/h3-4,7-8,10,12-14,17-18,21,25,34H,5-6,9,11,15-16,19-20,31H2,1-2H3,(H,32,35)/t25-/m0/s1. The number of aliphatic hydroxyl groups is 1. The van der Waals surface area contributed by atoms with Crippen LogP contribution in [0.4, 0.5) is 10.1 Å². The minimum atomic E-state index is -3.99. The van der Waals surface area contributed by atoms with Crippen LogP contribution in [0.25, 0.3) is 10.8 Å². The first-order chi connectivity index (χ1) is 18.1. The molecule has 0 spiro atoms. The average molecular weight is 544 g/mol. The Balaban J connectivity index is 1.49. The molecular formula is C29H38FN3O4S. The third-order valence-corrected chi connectivity index (χ3v) is 8.39. The van der Waals surface area contributed by atoms with Crippen LogP contribution in [0, 0.1) is 11.7 Å². The zero-order valence-electron chi connectivity index (χ0n) is 22.1. The number of carbonyl (C=O) groups excluding carboxylic acids is 1. The minimum Gasteiger partial charge on any atom is -0.396 e. The summed E-state index contributed by atoms with van der Waals surface area (Å²) in [7, 11) is -3.99. The molecule has 9 heteroatoms. The molecule has 0 aliphatic rings. The molecule has 206 valence electrons. The van der Waals surface area contributed by atoms with Crippen LogP contribution < -0.4 is 11.1 Å². The number of unbranched alkanes of at least 4 members (excludes halogenated alkanes) is 1. The molecule has 1 atom stereocenters. The van der Waals surface area contributed by atoms with Crippen molar-refractivity contribution in [2.45, 2.75) is 56.9 Å². The van der Waals surface area contributed by atoms with Gasteiger partial charge in [0.1, 0.15) is 5.82 Å². The van der Waals surface area contributed by atoms with Gasteiger partial charge in [-0.05, 0) is 59.7 Å². The highest BCUT2D eigenvalue weighted by Gasteiger charge is 2.32. The molecule has 0 saturated carbocycles. The maximum Gasteiger partial charge on any atom is 0.243 e. The SMILES string of the molecule is CC(C)CN([C@H](CO)CCCCNC(=O)CCc1ccc2ccccc2c1)S(=O)(=O)c1ccc(F)c(N)c1. The van der Waals surface area contributed by atoms with Gasteiger partial charge in [-0.3, -0.25) is 4.79 Å². The monoisotopic (exact) mass is 543 g/mol. The summed E-state index contributed by atoms with van der Waals surface area (Å²) in [4.78, 5) is 12.2. The van der Waals surface area contributed by atoms with Crippen LogP contribution in [0.1, 0.15) is 45.1 Å². The zero-order chi connectivity index (χ0) is 27.7. The van der Waals surface area contributed by atoms with E-state index in [4.69, 9.17) is 5.73 Å². The number of hydrogen-bond acceptors (Lipinski definition) is 5. The van der Waals surface area contributed by atoms with Crippen LogP contribution in [0.3, 0.4) is 0 Å². The zero-order valence-corrected chi connectivity index (χ0v) is 22.9. The van der Waals surface area contributed by atoms with E-state index in [9.17, 15) is 22.7 Å². The van der Waals surface area contributed by atoms with Gasteiger partial charge in [-0.15, -0.1) is 0 Å². The highest BCUT2D eigenvalue weighted by Crippen LogP contribution is 2.25. The summed E-state index contributed by atoms with van der Waals surface area (Å²) >= 11 is 0. The maximum absolute atomic E-state index is 13.6. The Hall–Kier alpha value is -3.01. The second kappa shape index (κ2) is 13.7. The molecule has 0 aliphatic heterocycles. The summed E-state index contributed by atoms with van der Waals surface area (Å²) in [6.07, 6.45) is 2.73. The van der Waals surface area contributed by atoms with E-state index in [1.54, 1.807) is 0 Å². The van der Waals surface area contributed by atoms with Crippen molar-refractivity contribution in [1.29, 1.82) is 0 Å². The molecule has 7 nitrogen and oxygen atoms in total. The number of nitrogen functional groups attached to an aromatic ring is 1. The van der Waals surface area contributed by atoms with Gasteiger partial charge in [0.05, 0.1) is 17.2 Å². The van der Waals surface area contributed by atoms with E-state index >= 15 is 0 Å². The molecule has 3 rings (SSSR count). The molecule has 0 aromatic heterocycles. The number of amides is 1. The van der Waals surface area contributed by atoms with E-state index in [2.05, 4.69) is 29.6 Å². The Kier molecular flexibility index (Phi) is 10.6. The van der Waals surface area contributed by atoms with Gasteiger partial charge >= 0.3 is 0 Å². The van der Waals surface area contributed by atoms with Gasteiger partial charge in [-0.2, -0.15) is 4.31 Å². The molecule has 0 aliphatic carbocycles. The highest BCUT2D eigenvalue weighted by atomic mass is 32.2. The Bertz CT molecular complexity index is 1330. The number of nitrogens with zero attached hydrogens (tertiary/aromatic N) is 1. The third kappa shape index (κ3) is 7.99. The van der Waals surface area contributed by atoms with E-state index in [1.165, 1.54) is 15.8 Å². The molecule has 0 radical (unpaired) electrons. The maximum atomic E-state index is 13.6. The predicted molar refractivity (Wildman–Crippen MR) is 150 cm³/mol. The van der Waals surface area contributed by atoms with Gasteiger partial charge in [0.2, 0.25) is 15.9 Å². The molecular weight excluding hydrogens is 505 g/mol. The molecule has 0 saturated heterocycles. The fraction of sp³-hybridized carbons (Fsp3) is 0.414. The molecule has 0 bridgehead atoms. The number of carbonyl (C=O) groups is 1. The second-order valence-corrected chi connectivity index (χ2v) is 11.9. The van der Waals surface area contributed by atoms with Crippen molar-refractivity contribution in [3.8, 4) is 0 Å². The lowest BCUT2D eigenvalue weighted by molar-refractivity contribution is -0.121. The van der Waals surface area contributed by atoms with Crippen molar-refractivity contribution < 1.29 is 22.7 Å². The summed E-state index contributed by atoms with van der Waals surface area (Å²) in [5.41, 5.74) is 6.47. The molecule has 0 unspecified atom stereocenters. The van der Waals surface area contributed by atoms with Crippen molar-refractivity contribution >= 4 is 32.4 Å². The lowest BCUT2D eigenvalue weighted by Crippen LogP contribution is -2.44. The van der Waals surface area contributed by atoms with Crippen LogP contribution in [0.15, 0.2) is 65.6 Å². The number of hydrogen-bond donors (Lipinski definition) is 3. The lowest BCUT2D eigenvalue weighted by Gasteiger charge is -2.31. The largest absolute Gasteiger partial charge is 0.396 e. The highest BCUT2D eigenvalue weighted by molar-refractivity contribution is 7.89. The molecule has 0 heterocycles. The first-order valence-electron chi connectivity index (χ1n) is 13.0. The second-order valence-electron chi connectivity index (χ2n) is 10.0. The van der Waals surface area contributed by atoms with Crippen LogP contribution in [0.5, 0.6) is 0 Å². The third-order valence-electron chi connectivity index (χ3n) is 6.48. The van der Waals surface area contributed by atoms with Gasteiger partial charge in [-0.1, -0.05) is 62.7 Å². The van der Waals surface area contributed by atoms with Crippen LogP contribution >= 0.6 is 0 Å². The Labute approximate surface area is 224 Å². The number of halogens is 1. The van der Waals surface area contributed by atoms with Crippen LogP contribution in [-0.4, -0.2) is 49.5 Å². The van der Waals surface area contributed by atoms with Gasteiger partial charge in [0.15, 0.2) is 0 Å². The minimum absolute atomic E-state index is 0.0125. The first-order valence-corrected chi connectivity index (χ1v) is 14.5. The number of nitrogens with one attached hydrogen (secondary N) is 1. The van der Waals surface area contributed by atoms with Crippen LogP contribution in [0.2, 0.25) is 0 Å². The smallest absolute Gasteiger partial charge is 0.243 e. The average Bonchev–Trinajstić information content (AvgIpc) is 2.89. The lowest BCUT2D eigenvalue weighted by atomic mass is 10.0. The van der Waals surface area contributed by atoms with Gasteiger partial charge in [0, 0.05) is 25.6 Å². The molecule has 38 heavy (non-hydrogen) atoms. The van der Waals surface area contributed by atoms with E-state index in [-0.39, 0.29) is 35.6 Å². The van der Waals surface area contributed by atoms with E-state index in [1.807, 2.05) is 32.0 Å². The summed E-state index contributed by atoms with van der Waals surface area (Å²) in [6.45, 7) is 4.12. The fourth-order valence-electron chi connectivity index (χ4n) is 4.42. The number of anilines is 1. The molecule has 1 amide bonds. The number of rotatable bonds is 14. The first kappa shape index (κ1) is 29.5. The summed E-state index contributed by atoms with van der Waals surface area (Å²) in [5.74, 6) is -0.703. The number of aryl methyl sites for hydroxylation is 1. The number of sulfonamides is 1. The normalized spacial score (nSPS) is 12.8. The van der Waals surface area contributed by atoms with Crippen molar-refractivity contribution in [2.24, 2.45) is 5.92 Å². The summed E-state index contributed by atoms with van der Waals surface area (Å²) < 4.78 is 41.6. The Morgan fingerprint density at radius 1 is 1.05 bits per heavy atom. The fourth-order valence-corrected chi connectivity index (χ4v) is 6.27. The molecule has 3 aromatic carbocycles. The van der Waals surface area contributed by atoms with Crippen LogP contribution in [-0.2, 0) is 21.2 Å². The molecule has 4 N–H and O–H groups in total. The van der Waals surface area contributed by atoms with Crippen molar-refractivity contribution in [3.05, 3.63) is 72.0 Å².